The van der Waals surface area contributed by atoms with Crippen LogP contribution in [0.5, 0.6) is 5.75 Å². The summed E-state index contributed by atoms with van der Waals surface area (Å²) in [6.45, 7) is 11.6. The summed E-state index contributed by atoms with van der Waals surface area (Å²) in [5.74, 6) is -1.06. The van der Waals surface area contributed by atoms with E-state index < -0.39 is 23.5 Å². The molecule has 6 nitrogen and oxygen atoms in total. The predicted molar refractivity (Wildman–Crippen MR) is 122 cm³/mol. The molecule has 170 valence electrons. The van der Waals surface area contributed by atoms with Crippen molar-refractivity contribution in [2.75, 3.05) is 32.8 Å². The fraction of sp³-hybridized carbons (Fsp3) is 0.385. The summed E-state index contributed by atoms with van der Waals surface area (Å²) in [5, 5.41) is 13.4. The number of rotatable bonds is 9. The first-order valence-electron chi connectivity index (χ1n) is 11.3. The third-order valence-corrected chi connectivity index (χ3v) is 6.06. The lowest BCUT2D eigenvalue weighted by atomic mass is 9.94. The number of aryl methyl sites for hydroxylation is 1. The third-order valence-electron chi connectivity index (χ3n) is 6.06. The van der Waals surface area contributed by atoms with Crippen molar-refractivity contribution in [2.45, 2.75) is 33.7 Å². The van der Waals surface area contributed by atoms with Gasteiger partial charge in [-0.3, -0.25) is 9.59 Å². The molecule has 0 radical (unpaired) electrons. The van der Waals surface area contributed by atoms with E-state index in [9.17, 15) is 14.7 Å². The number of likely N-dealkylation sites (N-methyl/N-ethyl adjacent to an activating group) is 1. The van der Waals surface area contributed by atoms with Gasteiger partial charge in [-0.05, 0) is 51.0 Å². The number of ketones is 1. The summed E-state index contributed by atoms with van der Waals surface area (Å²) < 4.78 is 5.45. The zero-order chi connectivity index (χ0) is 23.3. The SMILES string of the molecule is CCOc1ccc(C([O-])=C2C(=O)C(=O)N(CC[NH+](CC)CC)C2c2ccc(C)cc2)cc1. The Bertz CT molecular complexity index is 976. The minimum Gasteiger partial charge on any atom is -0.872 e. The third kappa shape index (κ3) is 4.86. The van der Waals surface area contributed by atoms with Crippen LogP contribution in [0.4, 0.5) is 0 Å². The first-order chi connectivity index (χ1) is 15.4. The van der Waals surface area contributed by atoms with Crippen LogP contribution in [0.1, 0.15) is 43.5 Å². The Morgan fingerprint density at radius 1 is 1.00 bits per heavy atom. The largest absolute Gasteiger partial charge is 0.872 e. The number of carbonyl (C=O) groups is 2. The molecule has 0 bridgehead atoms. The second-order valence-electron chi connectivity index (χ2n) is 8.05. The summed E-state index contributed by atoms with van der Waals surface area (Å²) in [5.41, 5.74) is 2.25. The number of quaternary nitrogens is 1. The number of hydrogen-bond acceptors (Lipinski definition) is 4. The molecule has 1 saturated heterocycles. The number of benzene rings is 2. The van der Waals surface area contributed by atoms with Crippen LogP contribution in [0.15, 0.2) is 54.1 Å². The van der Waals surface area contributed by atoms with Gasteiger partial charge in [-0.1, -0.05) is 47.7 Å². The Hall–Kier alpha value is -3.12. The minimum absolute atomic E-state index is 0.0255. The molecule has 2 aromatic carbocycles. The van der Waals surface area contributed by atoms with Crippen molar-refractivity contribution >= 4 is 17.4 Å². The Morgan fingerprint density at radius 3 is 2.19 bits per heavy atom. The van der Waals surface area contributed by atoms with E-state index in [4.69, 9.17) is 4.74 Å². The Morgan fingerprint density at radius 2 is 1.62 bits per heavy atom. The standard InChI is InChI=1S/C26H32N2O4/c1-5-27(6-2)16-17-28-23(19-10-8-18(4)9-11-19)22(25(30)26(28)31)24(29)20-12-14-21(15-13-20)32-7-3/h8-15,23,29H,5-7,16-17H2,1-4H3. The van der Waals surface area contributed by atoms with Crippen LogP contribution in [0.2, 0.25) is 0 Å². The summed E-state index contributed by atoms with van der Waals surface area (Å²) in [4.78, 5) is 29.0. The highest BCUT2D eigenvalue weighted by molar-refractivity contribution is 6.46. The van der Waals surface area contributed by atoms with E-state index in [1.54, 1.807) is 29.2 Å². The van der Waals surface area contributed by atoms with Gasteiger partial charge < -0.3 is 19.6 Å². The first-order valence-corrected chi connectivity index (χ1v) is 11.3. The van der Waals surface area contributed by atoms with E-state index in [0.717, 1.165) is 30.8 Å². The molecule has 0 aromatic heterocycles. The molecule has 3 rings (SSSR count). The van der Waals surface area contributed by atoms with Crippen molar-refractivity contribution in [3.63, 3.8) is 0 Å². The summed E-state index contributed by atoms with van der Waals surface area (Å²) in [7, 11) is 0. The average molecular weight is 437 g/mol. The number of carbonyl (C=O) groups excluding carboxylic acids is 2. The van der Waals surface area contributed by atoms with Gasteiger partial charge in [0, 0.05) is 5.57 Å². The molecule has 1 heterocycles. The molecule has 1 aliphatic heterocycles. The van der Waals surface area contributed by atoms with Crippen LogP contribution >= 0.6 is 0 Å². The maximum Gasteiger partial charge on any atom is 0.295 e. The van der Waals surface area contributed by atoms with E-state index in [1.807, 2.05) is 38.1 Å². The number of Topliss-reactive ketones (excluding diaryl/α,β-unsaturated/α-hetero) is 1. The second-order valence-corrected chi connectivity index (χ2v) is 8.05. The van der Waals surface area contributed by atoms with Gasteiger partial charge in [-0.15, -0.1) is 0 Å². The van der Waals surface area contributed by atoms with Crippen molar-refractivity contribution in [3.8, 4) is 5.75 Å². The molecular weight excluding hydrogens is 404 g/mol. The Kier molecular flexibility index (Phi) is 7.70. The van der Waals surface area contributed by atoms with Crippen molar-refractivity contribution < 1.29 is 24.3 Å². The molecule has 0 saturated carbocycles. The molecule has 0 aliphatic carbocycles. The van der Waals surface area contributed by atoms with E-state index in [-0.39, 0.29) is 5.57 Å². The van der Waals surface area contributed by atoms with E-state index in [1.165, 1.54) is 4.90 Å². The van der Waals surface area contributed by atoms with Gasteiger partial charge >= 0.3 is 0 Å². The normalized spacial score (nSPS) is 17.9. The molecule has 1 amide bonds. The van der Waals surface area contributed by atoms with Gasteiger partial charge in [-0.2, -0.15) is 0 Å². The molecule has 6 heteroatoms. The van der Waals surface area contributed by atoms with Crippen molar-refractivity contribution in [3.05, 3.63) is 70.8 Å². The molecule has 1 unspecified atom stereocenters. The van der Waals surface area contributed by atoms with Gasteiger partial charge in [-0.25, -0.2) is 0 Å². The molecule has 1 atom stereocenters. The number of ether oxygens (including phenoxy) is 1. The highest BCUT2D eigenvalue weighted by Crippen LogP contribution is 2.38. The summed E-state index contributed by atoms with van der Waals surface area (Å²) >= 11 is 0. The van der Waals surface area contributed by atoms with Gasteiger partial charge in [0.05, 0.1) is 38.8 Å². The highest BCUT2D eigenvalue weighted by atomic mass is 16.5. The van der Waals surface area contributed by atoms with Crippen molar-refractivity contribution in [1.82, 2.24) is 4.90 Å². The van der Waals surface area contributed by atoms with Gasteiger partial charge in [0.2, 0.25) is 5.78 Å². The Labute approximate surface area is 190 Å². The topological polar surface area (TPSA) is 74.1 Å². The van der Waals surface area contributed by atoms with Crippen molar-refractivity contribution in [1.29, 1.82) is 0 Å². The van der Waals surface area contributed by atoms with Gasteiger partial charge in [0.1, 0.15) is 5.75 Å². The monoisotopic (exact) mass is 436 g/mol. The zero-order valence-corrected chi connectivity index (χ0v) is 19.3. The molecule has 1 fully saturated rings. The number of hydrogen-bond donors (Lipinski definition) is 1. The molecule has 2 aromatic rings. The molecule has 0 spiro atoms. The van der Waals surface area contributed by atoms with Crippen LogP contribution in [-0.2, 0) is 9.59 Å². The van der Waals surface area contributed by atoms with Gasteiger partial charge in [0.25, 0.3) is 5.91 Å². The summed E-state index contributed by atoms with van der Waals surface area (Å²) in [6, 6.07) is 13.7. The number of nitrogens with one attached hydrogen (secondary N) is 1. The number of likely N-dealkylation sites (tertiary alicyclic amines) is 1. The lowest BCUT2D eigenvalue weighted by molar-refractivity contribution is -0.895. The van der Waals surface area contributed by atoms with E-state index in [2.05, 4.69) is 13.8 Å². The highest BCUT2D eigenvalue weighted by Gasteiger charge is 2.44. The van der Waals surface area contributed by atoms with E-state index in [0.29, 0.717) is 24.5 Å². The van der Waals surface area contributed by atoms with Gasteiger partial charge in [0.15, 0.2) is 0 Å². The first kappa shape index (κ1) is 23.5. The maximum atomic E-state index is 13.4. The van der Waals surface area contributed by atoms with Crippen molar-refractivity contribution in [2.24, 2.45) is 0 Å². The predicted octanol–water partition coefficient (Wildman–Crippen LogP) is 1.54. The molecule has 32 heavy (non-hydrogen) atoms. The van der Waals surface area contributed by atoms with Crippen LogP contribution in [0, 0.1) is 6.92 Å². The maximum absolute atomic E-state index is 13.4. The van der Waals surface area contributed by atoms with Crippen LogP contribution in [0.25, 0.3) is 5.76 Å². The van der Waals surface area contributed by atoms with Crippen LogP contribution in [0.3, 0.4) is 0 Å². The fourth-order valence-electron chi connectivity index (χ4n) is 4.10. The average Bonchev–Trinajstić information content (AvgIpc) is 3.05. The lowest BCUT2D eigenvalue weighted by Crippen LogP contribution is -3.12. The van der Waals surface area contributed by atoms with E-state index >= 15 is 0 Å². The minimum atomic E-state index is -0.705. The van der Waals surface area contributed by atoms with Crippen LogP contribution < -0.4 is 14.7 Å². The summed E-state index contributed by atoms with van der Waals surface area (Å²) in [6.07, 6.45) is 0. The lowest BCUT2D eigenvalue weighted by Gasteiger charge is -2.28. The number of amides is 1. The number of nitrogens with zero attached hydrogens (tertiary/aromatic N) is 1. The Balaban J connectivity index is 2.05. The molecule has 1 aliphatic rings. The zero-order valence-electron chi connectivity index (χ0n) is 19.3. The second kappa shape index (κ2) is 10.5. The van der Waals surface area contributed by atoms with Crippen LogP contribution in [-0.4, -0.2) is 49.4 Å². The molecular formula is C26H32N2O4. The smallest absolute Gasteiger partial charge is 0.295 e. The molecule has 1 N–H and O–H groups in total. The fourth-order valence-corrected chi connectivity index (χ4v) is 4.10. The quantitative estimate of drug-likeness (QED) is 0.368.